The van der Waals surface area contributed by atoms with Crippen molar-refractivity contribution >= 4 is 17.7 Å². The maximum Gasteiger partial charge on any atom is 0.407 e. The molecule has 1 N–H and O–H groups in total. The molecule has 0 atom stereocenters. The molecule has 1 aliphatic carbocycles. The molecular formula is C20H26ClN3O2. The Kier molecular flexibility index (Phi) is 5.56. The van der Waals surface area contributed by atoms with Crippen molar-refractivity contribution in [2.45, 2.75) is 64.1 Å². The van der Waals surface area contributed by atoms with Gasteiger partial charge in [0.05, 0.1) is 12.2 Å². The highest BCUT2D eigenvalue weighted by Gasteiger charge is 2.26. The van der Waals surface area contributed by atoms with Crippen molar-refractivity contribution in [3.05, 3.63) is 41.7 Å². The average molecular weight is 376 g/mol. The van der Waals surface area contributed by atoms with E-state index in [0.29, 0.717) is 6.04 Å². The van der Waals surface area contributed by atoms with Crippen molar-refractivity contribution in [1.29, 1.82) is 0 Å². The summed E-state index contributed by atoms with van der Waals surface area (Å²) in [5.41, 5.74) is 1.74. The number of carbonyl (C=O) groups excluding carboxylic acids is 1. The Labute approximate surface area is 159 Å². The summed E-state index contributed by atoms with van der Waals surface area (Å²) < 4.78 is 7.38. The zero-order valence-electron chi connectivity index (χ0n) is 15.5. The molecule has 0 radical (unpaired) electrons. The molecule has 1 amide bonds. The molecule has 1 aromatic heterocycles. The molecule has 26 heavy (non-hydrogen) atoms. The van der Waals surface area contributed by atoms with Crippen LogP contribution in [0.5, 0.6) is 0 Å². The smallest absolute Gasteiger partial charge is 0.407 e. The average Bonchev–Trinajstić information content (AvgIpc) is 3.04. The van der Waals surface area contributed by atoms with Gasteiger partial charge in [-0.2, -0.15) is 5.10 Å². The molecule has 1 aliphatic rings. The minimum Gasteiger partial charge on any atom is -0.444 e. The van der Waals surface area contributed by atoms with Crippen molar-refractivity contribution in [3.63, 3.8) is 0 Å². The highest BCUT2D eigenvalue weighted by atomic mass is 35.5. The summed E-state index contributed by atoms with van der Waals surface area (Å²) in [4.78, 5) is 11.9. The first kappa shape index (κ1) is 18.8. The van der Waals surface area contributed by atoms with Crippen LogP contribution in [-0.2, 0) is 4.74 Å². The van der Waals surface area contributed by atoms with Crippen molar-refractivity contribution in [2.24, 2.45) is 0 Å². The van der Waals surface area contributed by atoms with E-state index in [1.54, 1.807) is 0 Å². The van der Waals surface area contributed by atoms with Gasteiger partial charge in [-0.25, -0.2) is 4.79 Å². The summed E-state index contributed by atoms with van der Waals surface area (Å²) in [5.74, 6) is 0. The lowest BCUT2D eigenvalue weighted by Gasteiger charge is -2.30. The van der Waals surface area contributed by atoms with Gasteiger partial charge in [-0.05, 0) is 64.2 Å². The van der Waals surface area contributed by atoms with Crippen LogP contribution in [0, 0.1) is 0 Å². The molecule has 5 nitrogen and oxygen atoms in total. The van der Waals surface area contributed by atoms with E-state index in [4.69, 9.17) is 16.3 Å². The van der Waals surface area contributed by atoms with E-state index < -0.39 is 5.60 Å². The van der Waals surface area contributed by atoms with Crippen LogP contribution in [0.15, 0.2) is 36.7 Å². The first-order valence-electron chi connectivity index (χ1n) is 9.10. The lowest BCUT2D eigenvalue weighted by atomic mass is 9.91. The third-order valence-electron chi connectivity index (χ3n) is 4.57. The molecule has 0 bridgehead atoms. The molecule has 6 heteroatoms. The van der Waals surface area contributed by atoms with Crippen molar-refractivity contribution < 1.29 is 9.53 Å². The molecule has 2 aromatic rings. The fourth-order valence-corrected chi connectivity index (χ4v) is 3.41. The minimum absolute atomic E-state index is 0.174. The van der Waals surface area contributed by atoms with Crippen molar-refractivity contribution in [1.82, 2.24) is 15.1 Å². The number of aromatic nitrogens is 2. The van der Waals surface area contributed by atoms with Gasteiger partial charge in [-0.3, -0.25) is 4.68 Å². The maximum atomic E-state index is 11.9. The second-order valence-electron chi connectivity index (χ2n) is 7.87. The van der Waals surface area contributed by atoms with Gasteiger partial charge >= 0.3 is 6.09 Å². The van der Waals surface area contributed by atoms with Gasteiger partial charge in [0.1, 0.15) is 5.60 Å². The summed E-state index contributed by atoms with van der Waals surface area (Å²) in [7, 11) is 0. The molecular weight excluding hydrogens is 350 g/mol. The summed E-state index contributed by atoms with van der Waals surface area (Å²) in [6, 6.07) is 8.33. The zero-order valence-corrected chi connectivity index (χ0v) is 16.3. The Balaban J connectivity index is 1.54. The van der Waals surface area contributed by atoms with E-state index in [0.717, 1.165) is 41.8 Å². The Hall–Kier alpha value is -2.01. The predicted molar refractivity (Wildman–Crippen MR) is 103 cm³/mol. The van der Waals surface area contributed by atoms with Crippen LogP contribution in [0.1, 0.15) is 52.5 Å². The van der Waals surface area contributed by atoms with E-state index in [1.165, 1.54) is 0 Å². The van der Waals surface area contributed by atoms with Crippen LogP contribution < -0.4 is 5.32 Å². The number of hydrogen-bond acceptors (Lipinski definition) is 3. The molecule has 0 saturated heterocycles. The number of nitrogens with zero attached hydrogens (tertiary/aromatic N) is 2. The quantitative estimate of drug-likeness (QED) is 0.800. The van der Waals surface area contributed by atoms with Crippen LogP contribution in [-0.4, -0.2) is 27.5 Å². The number of nitrogens with one attached hydrogen (secondary N) is 1. The number of ether oxygens (including phenoxy) is 1. The van der Waals surface area contributed by atoms with E-state index >= 15 is 0 Å². The van der Waals surface area contributed by atoms with E-state index in [9.17, 15) is 4.79 Å². The summed E-state index contributed by atoms with van der Waals surface area (Å²) in [6.45, 7) is 5.62. The Morgan fingerprint density at radius 2 is 1.81 bits per heavy atom. The van der Waals surface area contributed by atoms with Gasteiger partial charge in [0.2, 0.25) is 0 Å². The minimum atomic E-state index is -0.464. The van der Waals surface area contributed by atoms with E-state index in [-0.39, 0.29) is 12.1 Å². The molecule has 1 aromatic carbocycles. The normalized spacial score (nSPS) is 20.6. The van der Waals surface area contributed by atoms with Gasteiger partial charge < -0.3 is 10.1 Å². The second kappa shape index (κ2) is 7.70. The highest BCUT2D eigenvalue weighted by molar-refractivity contribution is 6.30. The standard InChI is InChI=1S/C20H26ClN3O2/c1-20(2,3)26-19(25)23-17-8-10-18(11-9-17)24-13-15(12-22-24)14-4-6-16(21)7-5-14/h4-7,12-13,17-18H,8-11H2,1-3H3,(H,23,25)/t17-,18-. The second-order valence-corrected chi connectivity index (χ2v) is 8.30. The molecule has 140 valence electrons. The number of benzene rings is 1. The molecule has 1 saturated carbocycles. The number of halogens is 1. The van der Waals surface area contributed by atoms with Crippen LogP contribution in [0.3, 0.4) is 0 Å². The number of rotatable bonds is 3. The van der Waals surface area contributed by atoms with Gasteiger partial charge in [0, 0.05) is 22.8 Å². The topological polar surface area (TPSA) is 56.1 Å². The third kappa shape index (κ3) is 5.01. The Morgan fingerprint density at radius 3 is 2.42 bits per heavy atom. The number of amides is 1. The molecule has 0 aliphatic heterocycles. The zero-order chi connectivity index (χ0) is 18.7. The van der Waals surface area contributed by atoms with Gasteiger partial charge in [0.15, 0.2) is 0 Å². The van der Waals surface area contributed by atoms with Gasteiger partial charge in [0.25, 0.3) is 0 Å². The van der Waals surface area contributed by atoms with Crippen molar-refractivity contribution in [3.8, 4) is 11.1 Å². The maximum absolute atomic E-state index is 11.9. The van der Waals surface area contributed by atoms with Crippen LogP contribution in [0.25, 0.3) is 11.1 Å². The molecule has 1 fully saturated rings. The van der Waals surface area contributed by atoms with Crippen LogP contribution >= 0.6 is 11.6 Å². The van der Waals surface area contributed by atoms with Crippen LogP contribution in [0.4, 0.5) is 4.79 Å². The van der Waals surface area contributed by atoms with Gasteiger partial charge in [-0.1, -0.05) is 23.7 Å². The van der Waals surface area contributed by atoms with Crippen LogP contribution in [0.2, 0.25) is 5.02 Å². The predicted octanol–water partition coefficient (Wildman–Crippen LogP) is 5.21. The number of alkyl carbamates (subject to hydrolysis) is 1. The van der Waals surface area contributed by atoms with E-state index in [1.807, 2.05) is 55.9 Å². The van der Waals surface area contributed by atoms with Crippen molar-refractivity contribution in [2.75, 3.05) is 0 Å². The third-order valence-corrected chi connectivity index (χ3v) is 4.82. The lowest BCUT2D eigenvalue weighted by molar-refractivity contribution is 0.0487. The Morgan fingerprint density at radius 1 is 1.15 bits per heavy atom. The summed E-state index contributed by atoms with van der Waals surface area (Å²) in [6.07, 6.45) is 7.50. The summed E-state index contributed by atoms with van der Waals surface area (Å²) in [5, 5.41) is 8.26. The molecule has 0 spiro atoms. The molecule has 3 rings (SSSR count). The fraction of sp³-hybridized carbons (Fsp3) is 0.500. The van der Waals surface area contributed by atoms with E-state index in [2.05, 4.69) is 16.6 Å². The molecule has 1 heterocycles. The largest absolute Gasteiger partial charge is 0.444 e. The monoisotopic (exact) mass is 375 g/mol. The summed E-state index contributed by atoms with van der Waals surface area (Å²) >= 11 is 5.95. The SMILES string of the molecule is CC(C)(C)OC(=O)N[C@H]1CC[C@H](n2cc(-c3ccc(Cl)cc3)cn2)CC1. The Bertz CT molecular complexity index is 741. The highest BCUT2D eigenvalue weighted by Crippen LogP contribution is 2.30. The molecule has 0 unspecified atom stereocenters. The fourth-order valence-electron chi connectivity index (χ4n) is 3.29. The number of carbonyl (C=O) groups is 1. The first-order chi connectivity index (χ1) is 12.3. The first-order valence-corrected chi connectivity index (χ1v) is 9.47. The number of hydrogen-bond donors (Lipinski definition) is 1. The lowest BCUT2D eigenvalue weighted by Crippen LogP contribution is -2.41. The van der Waals surface area contributed by atoms with Gasteiger partial charge in [-0.15, -0.1) is 0 Å².